The monoisotopic (exact) mass is 305 g/mol. The third-order valence-electron chi connectivity index (χ3n) is 3.02. The van der Waals surface area contributed by atoms with Gasteiger partial charge in [0, 0.05) is 5.78 Å². The van der Waals surface area contributed by atoms with Gasteiger partial charge in [-0.05, 0) is 29.7 Å². The molecule has 0 radical (unpaired) electrons. The Kier molecular flexibility index (Phi) is 5.15. The summed E-state index contributed by atoms with van der Waals surface area (Å²) in [6, 6.07) is 16.6. The molecule has 0 spiro atoms. The Labute approximate surface area is 123 Å². The van der Waals surface area contributed by atoms with Gasteiger partial charge in [-0.1, -0.05) is 50.1 Å². The van der Waals surface area contributed by atoms with Crippen LogP contribution in [0.1, 0.15) is 11.1 Å². The molecule has 2 rings (SSSR count). The average Bonchev–Trinajstić information content (AvgIpc) is 2.46. The van der Waals surface area contributed by atoms with Crippen molar-refractivity contribution in [3.63, 3.8) is 0 Å². The van der Waals surface area contributed by atoms with Crippen LogP contribution in [0.4, 0.5) is 0 Å². The molecule has 1 atom stereocenters. The molecule has 112 valence electrons. The van der Waals surface area contributed by atoms with Crippen LogP contribution in [0.2, 0.25) is 0 Å². The second-order valence-electron chi connectivity index (χ2n) is 4.73. The quantitative estimate of drug-likeness (QED) is 0.803. The highest BCUT2D eigenvalue weighted by molar-refractivity contribution is 7.49. The summed E-state index contributed by atoms with van der Waals surface area (Å²) in [7, 11) is -4.74. The fraction of sp³-hybridized carbons (Fsp3) is 0.200. The highest BCUT2D eigenvalue weighted by Crippen LogP contribution is 2.30. The normalized spacial score (nSPS) is 12.9. The second kappa shape index (κ2) is 6.87. The summed E-state index contributed by atoms with van der Waals surface area (Å²) in [4.78, 5) is 21.6. The van der Waals surface area contributed by atoms with Crippen molar-refractivity contribution < 1.29 is 19.1 Å². The molecule has 0 aliphatic heterocycles. The van der Waals surface area contributed by atoms with Gasteiger partial charge in [0.2, 0.25) is 0 Å². The van der Waals surface area contributed by atoms with Gasteiger partial charge in [-0.3, -0.25) is 0 Å². The second-order valence-corrected chi connectivity index (χ2v) is 6.47. The topological polar surface area (TPSA) is 98.4 Å². The predicted octanol–water partition coefficient (Wildman–Crippen LogP) is 1.01. The summed E-state index contributed by atoms with van der Waals surface area (Å²) in [5.74, 6) is -0.725. The summed E-state index contributed by atoms with van der Waals surface area (Å²) in [6.07, 6.45) is 0.00322. The molecule has 0 aliphatic carbocycles. The van der Waals surface area contributed by atoms with Crippen molar-refractivity contribution >= 4 is 7.60 Å². The van der Waals surface area contributed by atoms with E-state index in [1.165, 1.54) is 0 Å². The van der Waals surface area contributed by atoms with E-state index in [1.807, 2.05) is 30.3 Å². The molecule has 0 aliphatic rings. The first-order valence-corrected chi connectivity index (χ1v) is 8.09. The van der Waals surface area contributed by atoms with Crippen molar-refractivity contribution in [1.82, 2.24) is 0 Å². The number of ether oxygens (including phenoxy) is 1. The lowest BCUT2D eigenvalue weighted by molar-refractivity contribution is -0.316. The van der Waals surface area contributed by atoms with Crippen molar-refractivity contribution in [3.05, 3.63) is 65.7 Å². The van der Waals surface area contributed by atoms with E-state index in [0.29, 0.717) is 17.9 Å². The fourth-order valence-electron chi connectivity index (χ4n) is 1.82. The molecule has 2 aromatic rings. The van der Waals surface area contributed by atoms with Crippen LogP contribution in [-0.2, 0) is 17.6 Å². The number of rotatable bonds is 6. The van der Waals surface area contributed by atoms with Gasteiger partial charge in [0.25, 0.3) is 0 Å². The number of benzene rings is 2. The number of hydrogen-bond donors (Lipinski definition) is 1. The fourth-order valence-corrected chi connectivity index (χ4v) is 2.25. The van der Waals surface area contributed by atoms with Gasteiger partial charge < -0.3 is 24.8 Å². The lowest BCUT2D eigenvalue weighted by atomic mass is 10.1. The SMILES string of the molecule is NC(Cc1ccc(OCc2ccccc2)cc1)P(=O)([O-])[O-]. The van der Waals surface area contributed by atoms with Crippen molar-refractivity contribution in [3.8, 4) is 5.75 Å². The minimum Gasteiger partial charge on any atom is -0.810 e. The zero-order valence-corrected chi connectivity index (χ0v) is 12.2. The van der Waals surface area contributed by atoms with Crippen molar-refractivity contribution in [2.75, 3.05) is 0 Å². The molecule has 6 heteroatoms. The highest BCUT2D eigenvalue weighted by Gasteiger charge is 2.08. The van der Waals surface area contributed by atoms with Crippen LogP contribution >= 0.6 is 7.60 Å². The van der Waals surface area contributed by atoms with Gasteiger partial charge in [-0.15, -0.1) is 0 Å². The van der Waals surface area contributed by atoms with E-state index >= 15 is 0 Å². The number of hydrogen-bond acceptors (Lipinski definition) is 5. The molecular formula is C15H16NO4P-2. The Morgan fingerprint density at radius 1 is 1.00 bits per heavy atom. The van der Waals surface area contributed by atoms with Crippen LogP contribution in [0.25, 0.3) is 0 Å². The molecule has 0 heterocycles. The average molecular weight is 305 g/mol. The Balaban J connectivity index is 1.92. The van der Waals surface area contributed by atoms with Crippen LogP contribution in [0.3, 0.4) is 0 Å². The van der Waals surface area contributed by atoms with Crippen LogP contribution in [0.5, 0.6) is 5.75 Å². The van der Waals surface area contributed by atoms with E-state index < -0.39 is 13.4 Å². The van der Waals surface area contributed by atoms with Crippen LogP contribution in [0.15, 0.2) is 54.6 Å². The first-order chi connectivity index (χ1) is 9.95. The standard InChI is InChI=1S/C15H18NO4P/c16-15(21(17,18)19)10-12-6-8-14(9-7-12)20-11-13-4-2-1-3-5-13/h1-9,15H,10-11,16H2,(H2,17,18,19)/p-2. The molecule has 2 aromatic carbocycles. The summed E-state index contributed by atoms with van der Waals surface area (Å²) in [5.41, 5.74) is 7.08. The minimum absolute atomic E-state index is 0.00322. The van der Waals surface area contributed by atoms with Gasteiger partial charge >= 0.3 is 0 Å². The lowest BCUT2D eigenvalue weighted by Crippen LogP contribution is -2.34. The first kappa shape index (κ1) is 15.7. The number of nitrogens with two attached hydrogens (primary N) is 1. The maximum absolute atomic E-state index is 10.8. The maximum Gasteiger partial charge on any atom is 0.119 e. The molecule has 0 fully saturated rings. The van der Waals surface area contributed by atoms with Crippen LogP contribution < -0.4 is 20.3 Å². The summed E-state index contributed by atoms with van der Waals surface area (Å²) in [5, 5.41) is 0. The largest absolute Gasteiger partial charge is 0.810 e. The molecule has 21 heavy (non-hydrogen) atoms. The van der Waals surface area contributed by atoms with Gasteiger partial charge in [0.15, 0.2) is 0 Å². The van der Waals surface area contributed by atoms with Crippen molar-refractivity contribution in [2.45, 2.75) is 18.8 Å². The highest BCUT2D eigenvalue weighted by atomic mass is 31.2. The smallest absolute Gasteiger partial charge is 0.119 e. The Morgan fingerprint density at radius 2 is 1.62 bits per heavy atom. The van der Waals surface area contributed by atoms with E-state index in [0.717, 1.165) is 5.56 Å². The van der Waals surface area contributed by atoms with Crippen LogP contribution in [0, 0.1) is 0 Å². The van der Waals surface area contributed by atoms with E-state index in [-0.39, 0.29) is 6.42 Å². The lowest BCUT2D eigenvalue weighted by Gasteiger charge is -2.35. The molecule has 0 saturated heterocycles. The van der Waals surface area contributed by atoms with Gasteiger partial charge in [-0.25, -0.2) is 0 Å². The van der Waals surface area contributed by atoms with E-state index in [9.17, 15) is 14.4 Å². The molecular weight excluding hydrogens is 289 g/mol. The Morgan fingerprint density at radius 3 is 2.19 bits per heavy atom. The molecule has 2 N–H and O–H groups in total. The maximum atomic E-state index is 10.8. The van der Waals surface area contributed by atoms with Crippen molar-refractivity contribution in [1.29, 1.82) is 0 Å². The summed E-state index contributed by atoms with van der Waals surface area (Å²) >= 11 is 0. The molecule has 0 bridgehead atoms. The zero-order chi connectivity index (χ0) is 15.3. The summed E-state index contributed by atoms with van der Waals surface area (Å²) < 4.78 is 16.4. The third-order valence-corrected chi connectivity index (χ3v) is 4.02. The van der Waals surface area contributed by atoms with Crippen molar-refractivity contribution in [2.24, 2.45) is 5.73 Å². The minimum atomic E-state index is -4.74. The molecule has 0 amide bonds. The molecule has 0 aromatic heterocycles. The molecule has 1 unspecified atom stereocenters. The first-order valence-electron chi connectivity index (χ1n) is 6.48. The Bertz CT molecular complexity index is 609. The zero-order valence-electron chi connectivity index (χ0n) is 11.3. The molecule has 5 nitrogen and oxygen atoms in total. The summed E-state index contributed by atoms with van der Waals surface area (Å²) in [6.45, 7) is 0.454. The van der Waals surface area contributed by atoms with Gasteiger partial charge in [0.1, 0.15) is 12.4 Å². The van der Waals surface area contributed by atoms with E-state index in [1.54, 1.807) is 24.3 Å². The predicted molar refractivity (Wildman–Crippen MR) is 76.5 cm³/mol. The Hall–Kier alpha value is -1.65. The third kappa shape index (κ3) is 4.99. The van der Waals surface area contributed by atoms with E-state index in [2.05, 4.69) is 0 Å². The van der Waals surface area contributed by atoms with Gasteiger partial charge in [0.05, 0.1) is 0 Å². The molecule has 0 saturated carbocycles. The van der Waals surface area contributed by atoms with Crippen LogP contribution in [-0.4, -0.2) is 5.78 Å². The van der Waals surface area contributed by atoms with E-state index in [4.69, 9.17) is 10.5 Å². The van der Waals surface area contributed by atoms with Gasteiger partial charge in [-0.2, -0.15) is 0 Å².